The van der Waals surface area contributed by atoms with Crippen LogP contribution in [0, 0.1) is 0 Å². The third-order valence-electron chi connectivity index (χ3n) is 5.15. The van der Waals surface area contributed by atoms with Crippen LogP contribution in [0.4, 0.5) is 0 Å². The molecule has 1 heteroatoms. The maximum absolute atomic E-state index is 3.10. The molecular weight excluding hydrogens is 267 g/mol. The van der Waals surface area contributed by atoms with Gasteiger partial charge in [0, 0.05) is 0 Å². The van der Waals surface area contributed by atoms with Crippen molar-refractivity contribution in [2.24, 2.45) is 0 Å². The summed E-state index contributed by atoms with van der Waals surface area (Å²) in [5.41, 5.74) is 0. The van der Waals surface area contributed by atoms with Crippen LogP contribution in [0.15, 0.2) is 0 Å². The quantitative estimate of drug-likeness (QED) is 0.410. The van der Waals surface area contributed by atoms with E-state index in [9.17, 15) is 0 Å². The molecule has 1 fully saturated rings. The van der Waals surface area contributed by atoms with E-state index in [1.165, 1.54) is 122 Å². The Morgan fingerprint density at radius 3 is 0.762 bits per heavy atom. The van der Waals surface area contributed by atoms with E-state index < -0.39 is 0 Å². The Bertz CT molecular complexity index is 182. The SMILES string of the molecule is [Al+2][CH]1CCCCCCCCCCCCCCCCCCC1. The molecule has 1 rings (SSSR count). The third kappa shape index (κ3) is 13.9. The summed E-state index contributed by atoms with van der Waals surface area (Å²) < 4.78 is 0.899. The van der Waals surface area contributed by atoms with Gasteiger partial charge in [-0.25, -0.2) is 0 Å². The minimum atomic E-state index is 0.899. The zero-order chi connectivity index (χ0) is 15.0. The van der Waals surface area contributed by atoms with Crippen molar-refractivity contribution in [3.05, 3.63) is 0 Å². The van der Waals surface area contributed by atoms with Gasteiger partial charge in [0.2, 0.25) is 0 Å². The van der Waals surface area contributed by atoms with Crippen LogP contribution in [0.25, 0.3) is 0 Å². The first-order valence-corrected chi connectivity index (χ1v) is 10.8. The van der Waals surface area contributed by atoms with Crippen molar-refractivity contribution in [3.63, 3.8) is 0 Å². The van der Waals surface area contributed by atoms with Crippen LogP contribution in [0.2, 0.25) is 4.78 Å². The van der Waals surface area contributed by atoms with E-state index in [-0.39, 0.29) is 0 Å². The van der Waals surface area contributed by atoms with Crippen LogP contribution >= 0.6 is 0 Å². The second kappa shape index (κ2) is 15.4. The van der Waals surface area contributed by atoms with Crippen molar-refractivity contribution in [1.29, 1.82) is 0 Å². The summed E-state index contributed by atoms with van der Waals surface area (Å²) in [7, 11) is 0. The van der Waals surface area contributed by atoms with Crippen molar-refractivity contribution in [2.45, 2.75) is 127 Å². The summed E-state index contributed by atoms with van der Waals surface area (Å²) in [5, 5.41) is 0. The van der Waals surface area contributed by atoms with Gasteiger partial charge in [-0.3, -0.25) is 0 Å². The fraction of sp³-hybridized carbons (Fsp3) is 1.00. The van der Waals surface area contributed by atoms with E-state index in [0.29, 0.717) is 0 Å². The molecule has 0 N–H and O–H groups in total. The molecule has 0 aliphatic heterocycles. The van der Waals surface area contributed by atoms with E-state index in [1.54, 1.807) is 0 Å². The topological polar surface area (TPSA) is 0 Å². The molecule has 1 aliphatic carbocycles. The minimum absolute atomic E-state index is 0.899. The molecule has 120 valence electrons. The summed E-state index contributed by atoms with van der Waals surface area (Å²) in [6.07, 6.45) is 28.2. The van der Waals surface area contributed by atoms with Gasteiger partial charge in [-0.2, -0.15) is 0 Å². The van der Waals surface area contributed by atoms with E-state index >= 15 is 0 Å². The van der Waals surface area contributed by atoms with Crippen molar-refractivity contribution in [1.82, 2.24) is 0 Å². The summed E-state index contributed by atoms with van der Waals surface area (Å²) in [5.74, 6) is 0. The van der Waals surface area contributed by atoms with Crippen molar-refractivity contribution < 1.29 is 0 Å². The predicted octanol–water partition coefficient (Wildman–Crippen LogP) is 7.37. The Hall–Kier alpha value is 0.532. The summed E-state index contributed by atoms with van der Waals surface area (Å²) >= 11 is 3.10. The van der Waals surface area contributed by atoms with Gasteiger partial charge in [0.15, 0.2) is 0 Å². The van der Waals surface area contributed by atoms with Crippen molar-refractivity contribution in [2.75, 3.05) is 0 Å². The van der Waals surface area contributed by atoms with Crippen LogP contribution in [-0.4, -0.2) is 16.3 Å². The van der Waals surface area contributed by atoms with E-state index in [1.807, 2.05) is 0 Å². The molecule has 0 saturated heterocycles. The molecule has 0 spiro atoms. The van der Waals surface area contributed by atoms with Crippen molar-refractivity contribution in [3.8, 4) is 0 Å². The number of hydrogen-bond donors (Lipinski definition) is 0. The average molecular weight is 307 g/mol. The van der Waals surface area contributed by atoms with Gasteiger partial charge in [0.1, 0.15) is 0 Å². The number of hydrogen-bond acceptors (Lipinski definition) is 0. The molecule has 0 aromatic carbocycles. The molecule has 0 atom stereocenters. The molecule has 1 saturated carbocycles. The second-order valence-corrected chi connectivity index (χ2v) is 8.29. The summed E-state index contributed by atoms with van der Waals surface area (Å²) in [4.78, 5) is 0. The van der Waals surface area contributed by atoms with Crippen LogP contribution in [0.3, 0.4) is 0 Å². The van der Waals surface area contributed by atoms with Crippen LogP contribution in [0.1, 0.15) is 122 Å². The van der Waals surface area contributed by atoms with Crippen LogP contribution in [0.5, 0.6) is 0 Å². The van der Waals surface area contributed by atoms with Crippen molar-refractivity contribution >= 4 is 16.3 Å². The molecule has 21 heavy (non-hydrogen) atoms. The first kappa shape index (κ1) is 19.6. The molecule has 0 amide bonds. The monoisotopic (exact) mass is 306 g/mol. The molecule has 0 aromatic rings. The molecule has 0 radical (unpaired) electrons. The predicted molar refractivity (Wildman–Crippen MR) is 97.2 cm³/mol. The van der Waals surface area contributed by atoms with Gasteiger partial charge in [-0.05, 0) is 0 Å². The molecule has 0 bridgehead atoms. The van der Waals surface area contributed by atoms with Gasteiger partial charge in [0.25, 0.3) is 0 Å². The third-order valence-corrected chi connectivity index (χ3v) is 5.82. The zero-order valence-electron chi connectivity index (χ0n) is 14.6. The first-order chi connectivity index (χ1) is 10.4. The molecule has 0 unspecified atom stereocenters. The Labute approximate surface area is 143 Å². The summed E-state index contributed by atoms with van der Waals surface area (Å²) in [6.45, 7) is 0. The van der Waals surface area contributed by atoms with Gasteiger partial charge >= 0.3 is 143 Å². The Morgan fingerprint density at radius 2 is 0.524 bits per heavy atom. The molecule has 0 nitrogen and oxygen atoms in total. The van der Waals surface area contributed by atoms with Gasteiger partial charge < -0.3 is 0 Å². The van der Waals surface area contributed by atoms with E-state index in [4.69, 9.17) is 0 Å². The van der Waals surface area contributed by atoms with Gasteiger partial charge in [0.05, 0.1) is 0 Å². The van der Waals surface area contributed by atoms with Gasteiger partial charge in [-0.15, -0.1) is 0 Å². The Balaban J connectivity index is 2.08. The zero-order valence-corrected chi connectivity index (χ0v) is 15.7. The fourth-order valence-electron chi connectivity index (χ4n) is 3.61. The second-order valence-electron chi connectivity index (χ2n) is 7.35. The van der Waals surface area contributed by atoms with Gasteiger partial charge in [-0.1, -0.05) is 0 Å². The van der Waals surface area contributed by atoms with E-state index in [0.717, 1.165) is 4.78 Å². The Kier molecular flexibility index (Phi) is 14.4. The normalized spacial score (nSPS) is 24.5. The maximum atomic E-state index is 3.10. The molecule has 0 heterocycles. The Morgan fingerprint density at radius 1 is 0.333 bits per heavy atom. The van der Waals surface area contributed by atoms with Crippen LogP contribution in [-0.2, 0) is 0 Å². The fourth-order valence-corrected chi connectivity index (χ4v) is 4.08. The summed E-state index contributed by atoms with van der Waals surface area (Å²) in [6, 6.07) is 0. The first-order valence-electron chi connectivity index (χ1n) is 10.1. The standard InChI is InChI=1S/C20H39.Al/c1-2-4-6-8-10-12-14-16-18-20-19-17-15-13-11-9-7-5-3-1;/h1H,2-20H2;/q;+2. The molecular formula is C20H39Al+2. The van der Waals surface area contributed by atoms with E-state index in [2.05, 4.69) is 16.3 Å². The molecule has 0 aromatic heterocycles. The average Bonchev–Trinajstić information content (AvgIpc) is 2.48. The molecule has 1 aliphatic rings. The van der Waals surface area contributed by atoms with Crippen LogP contribution < -0.4 is 0 Å². The number of rotatable bonds is 0.